The molecule has 128 valence electrons. The lowest BCUT2D eigenvalue weighted by molar-refractivity contribution is -0.149. The normalized spacial score (nSPS) is 17.1. The second-order valence-electron chi connectivity index (χ2n) is 6.11. The topological polar surface area (TPSA) is 19.4 Å². The maximum absolute atomic E-state index is 12.4. The molecule has 24 heavy (non-hydrogen) atoms. The van der Waals surface area contributed by atoms with E-state index in [4.69, 9.17) is 0 Å². The SMILES string of the molecule is FC(F)(F)CN1CCN(Cc2ccc(-c3cccnc3)cc2)CC1. The highest BCUT2D eigenvalue weighted by atomic mass is 19.4. The van der Waals surface area contributed by atoms with Crippen LogP contribution in [0, 0.1) is 0 Å². The predicted molar refractivity (Wildman–Crippen MR) is 87.4 cm³/mol. The van der Waals surface area contributed by atoms with Crippen LogP contribution >= 0.6 is 0 Å². The highest BCUT2D eigenvalue weighted by molar-refractivity contribution is 5.62. The first-order valence-corrected chi connectivity index (χ1v) is 8.00. The van der Waals surface area contributed by atoms with E-state index in [1.54, 1.807) is 6.20 Å². The van der Waals surface area contributed by atoms with Gasteiger partial charge in [-0.25, -0.2) is 0 Å². The van der Waals surface area contributed by atoms with E-state index in [-0.39, 0.29) is 0 Å². The largest absolute Gasteiger partial charge is 0.401 e. The van der Waals surface area contributed by atoms with Crippen LogP contribution in [-0.2, 0) is 6.54 Å². The van der Waals surface area contributed by atoms with Crippen molar-refractivity contribution in [1.82, 2.24) is 14.8 Å². The van der Waals surface area contributed by atoms with E-state index in [0.717, 1.165) is 17.7 Å². The molecule has 1 aliphatic heterocycles. The first kappa shape index (κ1) is 16.9. The smallest absolute Gasteiger partial charge is 0.297 e. The average molecular weight is 335 g/mol. The van der Waals surface area contributed by atoms with Gasteiger partial charge in [0, 0.05) is 45.1 Å². The molecule has 1 fully saturated rings. The summed E-state index contributed by atoms with van der Waals surface area (Å²) in [5.74, 6) is 0. The lowest BCUT2D eigenvalue weighted by Gasteiger charge is -2.35. The van der Waals surface area contributed by atoms with E-state index in [1.165, 1.54) is 10.5 Å². The number of rotatable bonds is 4. The van der Waals surface area contributed by atoms with Gasteiger partial charge in [0.25, 0.3) is 0 Å². The second-order valence-corrected chi connectivity index (χ2v) is 6.11. The van der Waals surface area contributed by atoms with Crippen molar-refractivity contribution in [3.63, 3.8) is 0 Å². The van der Waals surface area contributed by atoms with Crippen molar-refractivity contribution < 1.29 is 13.2 Å². The number of piperazine rings is 1. The molecule has 2 aromatic rings. The summed E-state index contributed by atoms with van der Waals surface area (Å²) >= 11 is 0. The Balaban J connectivity index is 1.52. The van der Waals surface area contributed by atoms with E-state index in [2.05, 4.69) is 34.1 Å². The average Bonchev–Trinajstić information content (AvgIpc) is 2.57. The number of hydrogen-bond acceptors (Lipinski definition) is 3. The zero-order valence-corrected chi connectivity index (χ0v) is 13.3. The van der Waals surface area contributed by atoms with E-state index in [9.17, 15) is 13.2 Å². The number of halogens is 3. The number of aromatic nitrogens is 1. The summed E-state index contributed by atoms with van der Waals surface area (Å²) in [4.78, 5) is 7.79. The highest BCUT2D eigenvalue weighted by Gasteiger charge is 2.32. The fourth-order valence-corrected chi connectivity index (χ4v) is 2.95. The molecule has 0 radical (unpaired) electrons. The highest BCUT2D eigenvalue weighted by Crippen LogP contribution is 2.20. The summed E-state index contributed by atoms with van der Waals surface area (Å²) in [7, 11) is 0. The summed E-state index contributed by atoms with van der Waals surface area (Å²) in [5.41, 5.74) is 3.36. The fourth-order valence-electron chi connectivity index (χ4n) is 2.95. The van der Waals surface area contributed by atoms with Gasteiger partial charge in [-0.1, -0.05) is 30.3 Å². The molecule has 0 aliphatic carbocycles. The molecule has 3 rings (SSSR count). The molecule has 6 heteroatoms. The third-order valence-corrected chi connectivity index (χ3v) is 4.22. The molecule has 0 atom stereocenters. The van der Waals surface area contributed by atoms with E-state index in [1.807, 2.05) is 18.3 Å². The summed E-state index contributed by atoms with van der Waals surface area (Å²) in [6.07, 6.45) is -0.532. The van der Waals surface area contributed by atoms with Crippen molar-refractivity contribution in [2.24, 2.45) is 0 Å². The predicted octanol–water partition coefficient (Wildman–Crippen LogP) is 3.43. The van der Waals surface area contributed by atoms with Gasteiger partial charge in [-0.3, -0.25) is 14.8 Å². The zero-order chi connectivity index (χ0) is 17.0. The Morgan fingerprint density at radius 2 is 1.54 bits per heavy atom. The van der Waals surface area contributed by atoms with Crippen LogP contribution in [0.4, 0.5) is 13.2 Å². The summed E-state index contributed by atoms with van der Waals surface area (Å²) in [5, 5.41) is 0. The van der Waals surface area contributed by atoms with Gasteiger partial charge in [-0.15, -0.1) is 0 Å². The van der Waals surface area contributed by atoms with Gasteiger partial charge in [-0.05, 0) is 22.8 Å². The Morgan fingerprint density at radius 1 is 0.875 bits per heavy atom. The summed E-state index contributed by atoms with van der Waals surface area (Å²) < 4.78 is 37.2. The van der Waals surface area contributed by atoms with Gasteiger partial charge in [0.2, 0.25) is 0 Å². The molecule has 0 N–H and O–H groups in total. The molecule has 1 aliphatic rings. The molecule has 0 spiro atoms. The Kier molecular flexibility index (Phi) is 5.16. The quantitative estimate of drug-likeness (QED) is 0.853. The van der Waals surface area contributed by atoms with Gasteiger partial charge in [0.05, 0.1) is 6.54 Å². The Bertz CT molecular complexity index is 633. The zero-order valence-electron chi connectivity index (χ0n) is 13.3. The first-order chi connectivity index (χ1) is 11.5. The van der Waals surface area contributed by atoms with Gasteiger partial charge in [0.15, 0.2) is 0 Å². The van der Waals surface area contributed by atoms with Crippen LogP contribution in [0.15, 0.2) is 48.8 Å². The van der Waals surface area contributed by atoms with Crippen molar-refractivity contribution >= 4 is 0 Å². The van der Waals surface area contributed by atoms with E-state index < -0.39 is 12.7 Å². The van der Waals surface area contributed by atoms with Crippen LogP contribution in [-0.4, -0.2) is 53.7 Å². The van der Waals surface area contributed by atoms with E-state index >= 15 is 0 Å². The number of nitrogens with zero attached hydrogens (tertiary/aromatic N) is 3. The molecular weight excluding hydrogens is 315 g/mol. The van der Waals surface area contributed by atoms with Gasteiger partial charge in [0.1, 0.15) is 0 Å². The summed E-state index contributed by atoms with van der Waals surface area (Å²) in [6.45, 7) is 2.23. The minimum Gasteiger partial charge on any atom is -0.297 e. The number of hydrogen-bond donors (Lipinski definition) is 0. The monoisotopic (exact) mass is 335 g/mol. The molecule has 0 saturated carbocycles. The van der Waals surface area contributed by atoms with Crippen LogP contribution in [0.2, 0.25) is 0 Å². The molecule has 0 bridgehead atoms. The molecule has 0 unspecified atom stereocenters. The van der Waals surface area contributed by atoms with Crippen molar-refractivity contribution in [1.29, 1.82) is 0 Å². The number of alkyl halides is 3. The number of pyridine rings is 1. The number of benzene rings is 1. The third-order valence-electron chi connectivity index (χ3n) is 4.22. The minimum absolute atomic E-state index is 0.466. The minimum atomic E-state index is -4.11. The van der Waals surface area contributed by atoms with E-state index in [0.29, 0.717) is 26.2 Å². The third kappa shape index (κ3) is 4.79. The fraction of sp³-hybridized carbons (Fsp3) is 0.389. The van der Waals surface area contributed by atoms with Gasteiger partial charge >= 0.3 is 6.18 Å². The molecule has 2 heterocycles. The molecular formula is C18H20F3N3. The molecule has 1 saturated heterocycles. The van der Waals surface area contributed by atoms with Crippen LogP contribution < -0.4 is 0 Å². The van der Waals surface area contributed by atoms with Crippen LogP contribution in [0.1, 0.15) is 5.56 Å². The van der Waals surface area contributed by atoms with Gasteiger partial charge < -0.3 is 0 Å². The molecule has 0 amide bonds. The van der Waals surface area contributed by atoms with Crippen LogP contribution in [0.3, 0.4) is 0 Å². The lowest BCUT2D eigenvalue weighted by Crippen LogP contribution is -2.48. The van der Waals surface area contributed by atoms with Crippen molar-refractivity contribution in [2.45, 2.75) is 12.7 Å². The van der Waals surface area contributed by atoms with Crippen LogP contribution in [0.5, 0.6) is 0 Å². The van der Waals surface area contributed by atoms with Crippen molar-refractivity contribution in [3.8, 4) is 11.1 Å². The Labute approximate surface area is 139 Å². The Hall–Kier alpha value is -1.92. The van der Waals surface area contributed by atoms with Crippen LogP contribution in [0.25, 0.3) is 11.1 Å². The standard InChI is InChI=1S/C18H20F3N3/c19-18(20,21)14-24-10-8-23(9-11-24)13-15-3-5-16(6-4-15)17-2-1-7-22-12-17/h1-7,12H,8-11,13-14H2. The maximum Gasteiger partial charge on any atom is 0.401 e. The molecule has 3 nitrogen and oxygen atoms in total. The molecule has 1 aromatic heterocycles. The maximum atomic E-state index is 12.4. The van der Waals surface area contributed by atoms with Gasteiger partial charge in [-0.2, -0.15) is 13.2 Å². The van der Waals surface area contributed by atoms with Crippen molar-refractivity contribution in [3.05, 3.63) is 54.4 Å². The first-order valence-electron chi connectivity index (χ1n) is 8.00. The second kappa shape index (κ2) is 7.32. The lowest BCUT2D eigenvalue weighted by atomic mass is 10.1. The molecule has 1 aromatic carbocycles. The summed E-state index contributed by atoms with van der Waals surface area (Å²) in [6, 6.07) is 12.2. The Morgan fingerprint density at radius 3 is 2.12 bits per heavy atom. The van der Waals surface area contributed by atoms with Crippen molar-refractivity contribution in [2.75, 3.05) is 32.7 Å².